The van der Waals surface area contributed by atoms with Crippen LogP contribution in [0.4, 0.5) is 0 Å². The molecule has 1 saturated heterocycles. The van der Waals surface area contributed by atoms with Crippen LogP contribution < -0.4 is 10.1 Å². The van der Waals surface area contributed by atoms with Crippen LogP contribution >= 0.6 is 0 Å². The second-order valence-electron chi connectivity index (χ2n) is 9.84. The van der Waals surface area contributed by atoms with Crippen molar-refractivity contribution in [1.29, 1.82) is 0 Å². The normalized spacial score (nSPS) is 22.5. The fraction of sp³-hybridized carbons (Fsp3) is 0.323. The number of carbonyl (C=O) groups excluding carboxylic acids is 3. The van der Waals surface area contributed by atoms with Crippen LogP contribution in [0.2, 0.25) is 0 Å². The molecule has 2 aliphatic rings. The number of para-hydroxylation sites is 1. The number of rotatable bonds is 8. The number of ether oxygens (including phenoxy) is 2. The van der Waals surface area contributed by atoms with E-state index in [0.717, 1.165) is 29.5 Å². The molecule has 7 heteroatoms. The molecule has 3 aromatic carbocycles. The summed E-state index contributed by atoms with van der Waals surface area (Å²) in [5.74, 6) is -1.67. The van der Waals surface area contributed by atoms with Gasteiger partial charge in [-0.3, -0.25) is 14.4 Å². The second kappa shape index (κ2) is 11.1. The van der Waals surface area contributed by atoms with Crippen molar-refractivity contribution in [3.05, 3.63) is 102 Å². The van der Waals surface area contributed by atoms with Gasteiger partial charge in [0, 0.05) is 23.9 Å². The molecule has 2 fully saturated rings. The smallest absolute Gasteiger partial charge is 0.311 e. The van der Waals surface area contributed by atoms with E-state index in [1.807, 2.05) is 84.9 Å². The van der Waals surface area contributed by atoms with Crippen molar-refractivity contribution in [2.45, 2.75) is 37.4 Å². The van der Waals surface area contributed by atoms with Gasteiger partial charge in [-0.15, -0.1) is 0 Å². The molecule has 4 unspecified atom stereocenters. The summed E-state index contributed by atoms with van der Waals surface area (Å²) < 4.78 is 10.8. The van der Waals surface area contributed by atoms with Gasteiger partial charge in [-0.2, -0.15) is 0 Å². The van der Waals surface area contributed by atoms with Crippen molar-refractivity contribution in [3.8, 4) is 5.75 Å². The third kappa shape index (κ3) is 4.88. The highest BCUT2D eigenvalue weighted by molar-refractivity contribution is 5.93. The van der Waals surface area contributed by atoms with Gasteiger partial charge < -0.3 is 19.7 Å². The molecule has 4 atom stereocenters. The summed E-state index contributed by atoms with van der Waals surface area (Å²) in [7, 11) is 2.94. The molecule has 2 amide bonds. The highest BCUT2D eigenvalue weighted by atomic mass is 16.5. The first kappa shape index (κ1) is 25.5. The van der Waals surface area contributed by atoms with E-state index in [0.29, 0.717) is 5.75 Å². The van der Waals surface area contributed by atoms with Crippen molar-refractivity contribution < 1.29 is 23.9 Å². The third-order valence-corrected chi connectivity index (χ3v) is 7.56. The van der Waals surface area contributed by atoms with Crippen LogP contribution in [-0.2, 0) is 25.7 Å². The molecule has 38 heavy (non-hydrogen) atoms. The zero-order valence-electron chi connectivity index (χ0n) is 21.6. The van der Waals surface area contributed by atoms with Crippen LogP contribution in [0.1, 0.15) is 41.5 Å². The largest absolute Gasteiger partial charge is 0.496 e. The minimum Gasteiger partial charge on any atom is -0.496 e. The molecule has 1 aliphatic carbocycles. The zero-order chi connectivity index (χ0) is 26.6. The first-order valence-electron chi connectivity index (χ1n) is 12.9. The monoisotopic (exact) mass is 512 g/mol. The average molecular weight is 513 g/mol. The van der Waals surface area contributed by atoms with Gasteiger partial charge >= 0.3 is 5.97 Å². The SMILES string of the molecule is COC(=O)C1C(c2ccccc2)C(C(=O)NCc2ccccc2OC)N(C(=O)C2CC2)C1c1ccccc1. The quantitative estimate of drug-likeness (QED) is 0.456. The van der Waals surface area contributed by atoms with Crippen molar-refractivity contribution in [2.24, 2.45) is 11.8 Å². The lowest BCUT2D eigenvalue weighted by Crippen LogP contribution is -2.49. The topological polar surface area (TPSA) is 84.9 Å². The van der Waals surface area contributed by atoms with Gasteiger partial charge in [-0.25, -0.2) is 0 Å². The Morgan fingerprint density at radius 2 is 1.45 bits per heavy atom. The van der Waals surface area contributed by atoms with E-state index in [1.54, 1.807) is 12.0 Å². The van der Waals surface area contributed by atoms with Crippen LogP contribution in [0.15, 0.2) is 84.9 Å². The van der Waals surface area contributed by atoms with Gasteiger partial charge in [0.2, 0.25) is 11.8 Å². The Morgan fingerprint density at radius 3 is 2.05 bits per heavy atom. The second-order valence-corrected chi connectivity index (χ2v) is 9.84. The molecule has 1 heterocycles. The molecule has 0 spiro atoms. The number of esters is 1. The van der Waals surface area contributed by atoms with E-state index in [1.165, 1.54) is 7.11 Å². The Kier molecular flexibility index (Phi) is 7.45. The van der Waals surface area contributed by atoms with Gasteiger partial charge in [0.15, 0.2) is 0 Å². The number of hydrogen-bond donors (Lipinski definition) is 1. The number of methoxy groups -OCH3 is 2. The summed E-state index contributed by atoms with van der Waals surface area (Å²) in [6.07, 6.45) is 1.57. The van der Waals surface area contributed by atoms with E-state index < -0.39 is 29.9 Å². The Labute approximate surface area is 222 Å². The van der Waals surface area contributed by atoms with Gasteiger partial charge in [0.05, 0.1) is 26.2 Å². The molecule has 0 bridgehead atoms. The van der Waals surface area contributed by atoms with Crippen LogP contribution in [-0.4, -0.2) is 42.9 Å². The first-order valence-corrected chi connectivity index (χ1v) is 12.9. The third-order valence-electron chi connectivity index (χ3n) is 7.56. The van der Waals surface area contributed by atoms with Crippen molar-refractivity contribution in [1.82, 2.24) is 10.2 Å². The molecule has 3 aromatic rings. The Balaban J connectivity index is 1.61. The summed E-state index contributed by atoms with van der Waals surface area (Å²) in [6.45, 7) is 0.227. The van der Waals surface area contributed by atoms with Crippen molar-refractivity contribution in [2.75, 3.05) is 14.2 Å². The van der Waals surface area contributed by atoms with Crippen molar-refractivity contribution >= 4 is 17.8 Å². The fourth-order valence-corrected chi connectivity index (χ4v) is 5.65. The minimum atomic E-state index is -0.894. The number of nitrogens with zero attached hydrogens (tertiary/aromatic N) is 1. The predicted molar refractivity (Wildman–Crippen MR) is 142 cm³/mol. The minimum absolute atomic E-state index is 0.0939. The summed E-state index contributed by atoms with van der Waals surface area (Å²) in [6, 6.07) is 24.9. The summed E-state index contributed by atoms with van der Waals surface area (Å²) in [5, 5.41) is 3.04. The van der Waals surface area contributed by atoms with Crippen LogP contribution in [0.3, 0.4) is 0 Å². The number of amides is 2. The lowest BCUT2D eigenvalue weighted by Gasteiger charge is -2.31. The zero-order valence-corrected chi connectivity index (χ0v) is 21.6. The Hall–Kier alpha value is -4.13. The van der Waals surface area contributed by atoms with E-state index in [-0.39, 0.29) is 24.3 Å². The number of benzene rings is 3. The maximum Gasteiger partial charge on any atom is 0.311 e. The van der Waals surface area contributed by atoms with E-state index in [2.05, 4.69) is 5.32 Å². The maximum absolute atomic E-state index is 14.1. The van der Waals surface area contributed by atoms with Gasteiger partial charge in [0.25, 0.3) is 0 Å². The highest BCUT2D eigenvalue weighted by Gasteiger charge is 2.59. The lowest BCUT2D eigenvalue weighted by molar-refractivity contribution is -0.148. The van der Waals surface area contributed by atoms with E-state index in [9.17, 15) is 14.4 Å². The van der Waals surface area contributed by atoms with Crippen LogP contribution in [0.5, 0.6) is 5.75 Å². The maximum atomic E-state index is 14.1. The summed E-state index contributed by atoms with van der Waals surface area (Å²) in [5.41, 5.74) is 2.44. The molecule has 1 N–H and O–H groups in total. The Morgan fingerprint density at radius 1 is 0.842 bits per heavy atom. The molecular formula is C31H32N2O5. The molecule has 196 valence electrons. The molecule has 1 saturated carbocycles. The summed E-state index contributed by atoms with van der Waals surface area (Å²) in [4.78, 5) is 43.1. The van der Waals surface area contributed by atoms with Gasteiger partial charge in [-0.05, 0) is 30.0 Å². The van der Waals surface area contributed by atoms with Gasteiger partial charge in [0.1, 0.15) is 11.8 Å². The number of nitrogens with one attached hydrogen (secondary N) is 1. The van der Waals surface area contributed by atoms with E-state index in [4.69, 9.17) is 9.47 Å². The van der Waals surface area contributed by atoms with E-state index >= 15 is 0 Å². The standard InChI is InChI=1S/C31H32N2O5/c1-37-24-16-10-9-15-23(24)19-32-29(34)28-25(20-11-5-3-6-12-20)26(31(36)38-2)27(21-13-7-4-8-14-21)33(28)30(35)22-17-18-22/h3-16,22,25-28H,17-19H2,1-2H3,(H,32,34). The number of likely N-dealkylation sites (tertiary alicyclic amines) is 1. The van der Waals surface area contributed by atoms with Crippen LogP contribution in [0, 0.1) is 11.8 Å². The lowest BCUT2D eigenvalue weighted by atomic mass is 9.80. The fourth-order valence-electron chi connectivity index (χ4n) is 5.65. The number of carbonyl (C=O) groups is 3. The Bertz CT molecular complexity index is 1290. The molecule has 7 nitrogen and oxygen atoms in total. The highest BCUT2D eigenvalue weighted by Crippen LogP contribution is 2.52. The summed E-state index contributed by atoms with van der Waals surface area (Å²) >= 11 is 0. The molecule has 1 aliphatic heterocycles. The molecular weight excluding hydrogens is 480 g/mol. The first-order chi connectivity index (χ1) is 18.5. The molecule has 5 rings (SSSR count). The van der Waals surface area contributed by atoms with Crippen molar-refractivity contribution in [3.63, 3.8) is 0 Å². The predicted octanol–water partition coefficient (Wildman–Crippen LogP) is 4.25. The molecule has 0 radical (unpaired) electrons. The van der Waals surface area contributed by atoms with Gasteiger partial charge in [-0.1, -0.05) is 78.9 Å². The molecule has 0 aromatic heterocycles. The average Bonchev–Trinajstić information content (AvgIpc) is 3.76. The number of hydrogen-bond acceptors (Lipinski definition) is 5. The van der Waals surface area contributed by atoms with Crippen LogP contribution in [0.25, 0.3) is 0 Å².